The lowest BCUT2D eigenvalue weighted by Gasteiger charge is -2.29. The predicted octanol–water partition coefficient (Wildman–Crippen LogP) is 2.05. The summed E-state index contributed by atoms with van der Waals surface area (Å²) in [6.45, 7) is 4.17. The van der Waals surface area contributed by atoms with Gasteiger partial charge in [0.25, 0.3) is 5.91 Å². The number of amides is 2. The lowest BCUT2D eigenvalue weighted by atomic mass is 10.0. The highest BCUT2D eigenvalue weighted by Gasteiger charge is 2.43. The highest BCUT2D eigenvalue weighted by atomic mass is 35.5. The Bertz CT molecular complexity index is 718. The first-order valence-corrected chi connectivity index (χ1v) is 9.60. The van der Waals surface area contributed by atoms with Gasteiger partial charge in [-0.25, -0.2) is 0 Å². The zero-order chi connectivity index (χ0) is 18.3. The smallest absolute Gasteiger partial charge is 0.258 e. The molecule has 8 heteroatoms. The van der Waals surface area contributed by atoms with Crippen LogP contribution in [0.2, 0.25) is 5.02 Å². The fourth-order valence-corrected chi connectivity index (χ4v) is 4.69. The summed E-state index contributed by atoms with van der Waals surface area (Å²) in [7, 11) is 1.53. The molecule has 148 valence electrons. The van der Waals surface area contributed by atoms with Crippen molar-refractivity contribution < 1.29 is 14.3 Å². The van der Waals surface area contributed by atoms with Gasteiger partial charge in [0.2, 0.25) is 5.91 Å². The number of hydrogen-bond donors (Lipinski definition) is 1. The molecule has 27 heavy (non-hydrogen) atoms. The third-order valence-electron chi connectivity index (χ3n) is 5.89. The van der Waals surface area contributed by atoms with Crippen LogP contribution in [0.1, 0.15) is 23.2 Å². The molecular formula is C19H25Cl2N3O3. The van der Waals surface area contributed by atoms with Crippen molar-refractivity contribution in [2.75, 3.05) is 39.8 Å². The molecule has 3 fully saturated rings. The molecule has 0 aliphatic carbocycles. The van der Waals surface area contributed by atoms with Crippen LogP contribution in [0, 0.1) is 11.8 Å². The van der Waals surface area contributed by atoms with Crippen LogP contribution in [0.25, 0.3) is 0 Å². The summed E-state index contributed by atoms with van der Waals surface area (Å²) < 4.78 is 5.32. The Labute approximate surface area is 170 Å². The van der Waals surface area contributed by atoms with E-state index in [0.29, 0.717) is 34.7 Å². The van der Waals surface area contributed by atoms with Crippen LogP contribution in [0.5, 0.6) is 5.75 Å². The van der Waals surface area contributed by atoms with E-state index in [0.717, 1.165) is 39.0 Å². The number of nitrogens with one attached hydrogen (secondary N) is 1. The topological polar surface area (TPSA) is 61.9 Å². The van der Waals surface area contributed by atoms with E-state index in [1.54, 1.807) is 23.1 Å². The minimum Gasteiger partial charge on any atom is -0.496 e. The summed E-state index contributed by atoms with van der Waals surface area (Å²) in [6.07, 6.45) is 1.56. The normalized spacial score (nSPS) is 26.7. The lowest BCUT2D eigenvalue weighted by molar-refractivity contribution is -0.134. The van der Waals surface area contributed by atoms with Gasteiger partial charge in [0.1, 0.15) is 11.8 Å². The summed E-state index contributed by atoms with van der Waals surface area (Å²) in [5.41, 5.74) is 0.419. The summed E-state index contributed by atoms with van der Waals surface area (Å²) in [5, 5.41) is 3.87. The number of likely N-dealkylation sites (tertiary alicyclic amines) is 2. The van der Waals surface area contributed by atoms with Crippen molar-refractivity contribution in [1.82, 2.24) is 15.1 Å². The highest BCUT2D eigenvalue weighted by Crippen LogP contribution is 2.31. The zero-order valence-electron chi connectivity index (χ0n) is 15.3. The maximum Gasteiger partial charge on any atom is 0.258 e. The molecule has 0 bridgehead atoms. The Morgan fingerprint density at radius 3 is 2.59 bits per heavy atom. The largest absolute Gasteiger partial charge is 0.496 e. The van der Waals surface area contributed by atoms with Crippen LogP contribution in [-0.2, 0) is 4.79 Å². The SMILES string of the molecule is COc1ccc(Cl)cc1C(=O)N1CCCC1C(=O)N1C[C@H]2CNC[C@H]2C1.Cl. The number of ether oxygens (including phenoxy) is 1. The van der Waals surface area contributed by atoms with Crippen molar-refractivity contribution in [1.29, 1.82) is 0 Å². The van der Waals surface area contributed by atoms with Gasteiger partial charge in [-0.05, 0) is 42.9 Å². The Hall–Kier alpha value is -1.50. The molecule has 2 amide bonds. The average Bonchev–Trinajstić information content (AvgIpc) is 3.35. The molecule has 4 rings (SSSR count). The summed E-state index contributed by atoms with van der Waals surface area (Å²) >= 11 is 6.07. The third-order valence-corrected chi connectivity index (χ3v) is 6.13. The van der Waals surface area contributed by atoms with Gasteiger partial charge >= 0.3 is 0 Å². The number of hydrogen-bond acceptors (Lipinski definition) is 4. The molecule has 3 atom stereocenters. The number of rotatable bonds is 3. The van der Waals surface area contributed by atoms with Gasteiger partial charge in [-0.15, -0.1) is 12.4 Å². The van der Waals surface area contributed by atoms with Gasteiger partial charge < -0.3 is 19.9 Å². The molecule has 1 N–H and O–H groups in total. The van der Waals surface area contributed by atoms with E-state index in [1.807, 2.05) is 4.90 Å². The number of halogens is 2. The predicted molar refractivity (Wildman–Crippen MR) is 106 cm³/mol. The van der Waals surface area contributed by atoms with E-state index in [2.05, 4.69) is 5.32 Å². The highest BCUT2D eigenvalue weighted by molar-refractivity contribution is 6.31. The summed E-state index contributed by atoms with van der Waals surface area (Å²) in [4.78, 5) is 29.9. The molecule has 1 unspecified atom stereocenters. The van der Waals surface area contributed by atoms with E-state index in [9.17, 15) is 9.59 Å². The van der Waals surface area contributed by atoms with Crippen molar-refractivity contribution in [2.45, 2.75) is 18.9 Å². The van der Waals surface area contributed by atoms with Gasteiger partial charge in [0.05, 0.1) is 12.7 Å². The maximum atomic E-state index is 13.1. The average molecular weight is 414 g/mol. The van der Waals surface area contributed by atoms with Crippen molar-refractivity contribution in [3.05, 3.63) is 28.8 Å². The first kappa shape index (κ1) is 20.2. The fourth-order valence-electron chi connectivity index (χ4n) is 4.51. The molecule has 0 spiro atoms. The van der Waals surface area contributed by atoms with Gasteiger partial charge in [0.15, 0.2) is 0 Å². The van der Waals surface area contributed by atoms with E-state index < -0.39 is 0 Å². The Kier molecular flexibility index (Phi) is 6.18. The number of fused-ring (bicyclic) bond motifs is 1. The van der Waals surface area contributed by atoms with E-state index >= 15 is 0 Å². The number of benzene rings is 1. The molecule has 3 heterocycles. The maximum absolute atomic E-state index is 13.1. The van der Waals surface area contributed by atoms with Crippen LogP contribution >= 0.6 is 24.0 Å². The van der Waals surface area contributed by atoms with Crippen LogP contribution in [-0.4, -0.2) is 67.5 Å². The molecule has 3 aliphatic heterocycles. The van der Waals surface area contributed by atoms with Crippen LogP contribution < -0.4 is 10.1 Å². The van der Waals surface area contributed by atoms with Crippen molar-refractivity contribution >= 4 is 35.8 Å². The zero-order valence-corrected chi connectivity index (χ0v) is 16.9. The molecule has 3 saturated heterocycles. The molecule has 3 aliphatic rings. The quantitative estimate of drug-likeness (QED) is 0.823. The van der Waals surface area contributed by atoms with Gasteiger partial charge in [-0.2, -0.15) is 0 Å². The molecule has 0 aromatic heterocycles. The standard InChI is InChI=1S/C19H24ClN3O3.ClH/c1-26-17-5-4-14(20)7-15(17)18(24)23-6-2-3-16(23)19(25)22-10-12-8-21-9-13(12)11-22;/h4-5,7,12-13,16,21H,2-3,6,8-11H2,1H3;1H/t12-,13+,16?;. The lowest BCUT2D eigenvalue weighted by Crippen LogP contribution is -2.47. The number of nitrogens with zero attached hydrogens (tertiary/aromatic N) is 2. The number of carbonyl (C=O) groups excluding carboxylic acids is 2. The van der Waals surface area contributed by atoms with Crippen LogP contribution in [0.15, 0.2) is 18.2 Å². The van der Waals surface area contributed by atoms with Gasteiger partial charge in [-0.1, -0.05) is 11.6 Å². The van der Waals surface area contributed by atoms with Crippen molar-refractivity contribution in [3.8, 4) is 5.75 Å². The minimum atomic E-state index is -0.377. The molecular weight excluding hydrogens is 389 g/mol. The van der Waals surface area contributed by atoms with Crippen LogP contribution in [0.3, 0.4) is 0 Å². The van der Waals surface area contributed by atoms with E-state index in [1.165, 1.54) is 7.11 Å². The van der Waals surface area contributed by atoms with Gasteiger partial charge in [-0.3, -0.25) is 9.59 Å². The first-order valence-electron chi connectivity index (χ1n) is 9.22. The molecule has 1 aromatic rings. The molecule has 1 aromatic carbocycles. The second-order valence-electron chi connectivity index (χ2n) is 7.42. The Morgan fingerprint density at radius 1 is 1.22 bits per heavy atom. The first-order chi connectivity index (χ1) is 12.6. The number of methoxy groups -OCH3 is 1. The number of carbonyl (C=O) groups is 2. The third kappa shape index (κ3) is 3.75. The van der Waals surface area contributed by atoms with E-state index in [-0.39, 0.29) is 30.3 Å². The van der Waals surface area contributed by atoms with Gasteiger partial charge in [0, 0.05) is 37.7 Å². The van der Waals surface area contributed by atoms with Crippen molar-refractivity contribution in [3.63, 3.8) is 0 Å². The summed E-state index contributed by atoms with van der Waals surface area (Å²) in [5.74, 6) is 1.50. The Balaban J connectivity index is 0.00000210. The monoisotopic (exact) mass is 413 g/mol. The molecule has 6 nitrogen and oxygen atoms in total. The van der Waals surface area contributed by atoms with E-state index in [4.69, 9.17) is 16.3 Å². The van der Waals surface area contributed by atoms with Crippen molar-refractivity contribution in [2.24, 2.45) is 11.8 Å². The minimum absolute atomic E-state index is 0. The molecule has 0 radical (unpaired) electrons. The Morgan fingerprint density at radius 2 is 1.93 bits per heavy atom. The molecule has 0 saturated carbocycles. The van der Waals surface area contributed by atoms with Crippen LogP contribution in [0.4, 0.5) is 0 Å². The fraction of sp³-hybridized carbons (Fsp3) is 0.579. The second kappa shape index (κ2) is 8.25. The summed E-state index contributed by atoms with van der Waals surface area (Å²) in [6, 6.07) is 4.63. The second-order valence-corrected chi connectivity index (χ2v) is 7.86.